The molecule has 0 aliphatic carbocycles. The van der Waals surface area contributed by atoms with Crippen LogP contribution in [-0.2, 0) is 0 Å². The molecule has 0 aliphatic heterocycles. The number of aromatic amines is 2. The van der Waals surface area contributed by atoms with Crippen molar-refractivity contribution in [3.63, 3.8) is 0 Å². The van der Waals surface area contributed by atoms with Gasteiger partial charge in [-0.05, 0) is 6.07 Å². The highest BCUT2D eigenvalue weighted by atomic mass is 16.1. The Morgan fingerprint density at radius 1 is 1.19 bits per heavy atom. The number of rotatable bonds is 1. The van der Waals surface area contributed by atoms with Crippen molar-refractivity contribution in [1.29, 1.82) is 0 Å². The molecule has 2 N–H and O–H groups in total. The van der Waals surface area contributed by atoms with Crippen LogP contribution < -0.4 is 5.43 Å². The summed E-state index contributed by atoms with van der Waals surface area (Å²) in [5.41, 5.74) is 2.36. The van der Waals surface area contributed by atoms with Crippen LogP contribution in [0.5, 0.6) is 0 Å². The van der Waals surface area contributed by atoms with Crippen molar-refractivity contribution >= 4 is 10.9 Å². The van der Waals surface area contributed by atoms with E-state index in [4.69, 9.17) is 0 Å². The number of fused-ring (bicyclic) bond motifs is 1. The van der Waals surface area contributed by atoms with E-state index in [0.717, 1.165) is 11.1 Å². The van der Waals surface area contributed by atoms with E-state index in [9.17, 15) is 4.79 Å². The minimum atomic E-state index is -0.000838. The monoisotopic (exact) mass is 212 g/mol. The van der Waals surface area contributed by atoms with E-state index < -0.39 is 0 Å². The molecule has 0 saturated heterocycles. The third-order valence-electron chi connectivity index (χ3n) is 2.48. The molecular formula is C11H8N4O. The van der Waals surface area contributed by atoms with Gasteiger partial charge in [0.05, 0.1) is 11.7 Å². The van der Waals surface area contributed by atoms with Gasteiger partial charge in [0.25, 0.3) is 0 Å². The van der Waals surface area contributed by atoms with E-state index in [2.05, 4.69) is 20.4 Å². The molecule has 78 valence electrons. The molecule has 0 radical (unpaired) electrons. The van der Waals surface area contributed by atoms with Crippen molar-refractivity contribution in [2.24, 2.45) is 0 Å². The second kappa shape index (κ2) is 3.30. The molecule has 5 heteroatoms. The second-order valence-electron chi connectivity index (χ2n) is 3.43. The highest BCUT2D eigenvalue weighted by Crippen LogP contribution is 2.22. The van der Waals surface area contributed by atoms with Gasteiger partial charge in [-0.2, -0.15) is 0 Å². The van der Waals surface area contributed by atoms with Crippen molar-refractivity contribution in [2.75, 3.05) is 0 Å². The third-order valence-corrected chi connectivity index (χ3v) is 2.48. The van der Waals surface area contributed by atoms with Gasteiger partial charge in [-0.25, -0.2) is 0 Å². The van der Waals surface area contributed by atoms with E-state index in [1.54, 1.807) is 18.5 Å². The molecule has 0 saturated carbocycles. The maximum Gasteiger partial charge on any atom is 0.189 e. The zero-order chi connectivity index (χ0) is 11.0. The van der Waals surface area contributed by atoms with Crippen LogP contribution >= 0.6 is 0 Å². The molecule has 16 heavy (non-hydrogen) atoms. The molecule has 0 amide bonds. The van der Waals surface area contributed by atoms with Crippen LogP contribution in [0.3, 0.4) is 0 Å². The molecule has 0 aliphatic rings. The Hall–Kier alpha value is -2.43. The Bertz CT molecular complexity index is 685. The Labute approximate surface area is 90.1 Å². The van der Waals surface area contributed by atoms with Gasteiger partial charge in [-0.15, -0.1) is 5.10 Å². The highest BCUT2D eigenvalue weighted by Gasteiger charge is 2.07. The maximum atomic E-state index is 11.6. The fourth-order valence-corrected chi connectivity index (χ4v) is 1.75. The fraction of sp³-hybridized carbons (Fsp3) is 0. The zero-order valence-electron chi connectivity index (χ0n) is 8.27. The largest absolute Gasteiger partial charge is 0.360 e. The van der Waals surface area contributed by atoms with Gasteiger partial charge in [-0.3, -0.25) is 9.89 Å². The topological polar surface area (TPSA) is 74.4 Å². The summed E-state index contributed by atoms with van der Waals surface area (Å²) in [6, 6.07) is 7.03. The normalized spacial score (nSPS) is 10.8. The van der Waals surface area contributed by atoms with Crippen molar-refractivity contribution in [1.82, 2.24) is 20.4 Å². The molecule has 0 spiro atoms. The van der Waals surface area contributed by atoms with Crippen LogP contribution in [0.15, 0.2) is 41.5 Å². The average Bonchev–Trinajstić information content (AvgIpc) is 2.82. The molecule has 0 atom stereocenters. The molecule has 2 aromatic heterocycles. The number of pyridine rings is 1. The predicted molar refractivity (Wildman–Crippen MR) is 59.9 cm³/mol. The number of hydrogen-bond donors (Lipinski definition) is 2. The summed E-state index contributed by atoms with van der Waals surface area (Å²) in [5.74, 6) is 0. The zero-order valence-corrected chi connectivity index (χ0v) is 8.27. The van der Waals surface area contributed by atoms with Crippen LogP contribution in [0.2, 0.25) is 0 Å². The Morgan fingerprint density at radius 3 is 2.94 bits per heavy atom. The van der Waals surface area contributed by atoms with Gasteiger partial charge >= 0.3 is 0 Å². The second-order valence-corrected chi connectivity index (χ2v) is 3.43. The first-order valence-electron chi connectivity index (χ1n) is 4.83. The van der Waals surface area contributed by atoms with Crippen LogP contribution in [0, 0.1) is 0 Å². The fourth-order valence-electron chi connectivity index (χ4n) is 1.75. The Balaban J connectivity index is 2.43. The number of benzene rings is 1. The molecule has 2 heterocycles. The quantitative estimate of drug-likeness (QED) is 0.638. The molecule has 0 unspecified atom stereocenters. The number of nitrogens with zero attached hydrogens (tertiary/aromatic N) is 2. The number of nitrogens with one attached hydrogen (secondary N) is 2. The van der Waals surface area contributed by atoms with E-state index in [0.29, 0.717) is 11.1 Å². The van der Waals surface area contributed by atoms with Crippen molar-refractivity contribution in [3.05, 3.63) is 46.9 Å². The molecular weight excluding hydrogens is 204 g/mol. The summed E-state index contributed by atoms with van der Waals surface area (Å²) in [4.78, 5) is 14.7. The minimum absolute atomic E-state index is 0.000838. The maximum absolute atomic E-state index is 11.6. The molecule has 0 bridgehead atoms. The van der Waals surface area contributed by atoms with E-state index in [1.165, 1.54) is 6.07 Å². The number of H-pyrrole nitrogens is 2. The van der Waals surface area contributed by atoms with Gasteiger partial charge in [0, 0.05) is 23.2 Å². The lowest BCUT2D eigenvalue weighted by molar-refractivity contribution is 0.942. The minimum Gasteiger partial charge on any atom is -0.360 e. The lowest BCUT2D eigenvalue weighted by atomic mass is 10.1. The number of para-hydroxylation sites is 1. The van der Waals surface area contributed by atoms with Gasteiger partial charge in [0.15, 0.2) is 5.43 Å². The third kappa shape index (κ3) is 1.22. The SMILES string of the molecule is O=c1cc[nH]c2c(-c3c[nH]nn3)cccc12. The van der Waals surface area contributed by atoms with Crippen LogP contribution in [-0.4, -0.2) is 20.4 Å². The molecule has 0 fully saturated rings. The summed E-state index contributed by atoms with van der Waals surface area (Å²) < 4.78 is 0. The van der Waals surface area contributed by atoms with E-state index in [1.807, 2.05) is 12.1 Å². The lowest BCUT2D eigenvalue weighted by Gasteiger charge is -2.01. The molecule has 3 aromatic rings. The number of aromatic nitrogens is 4. The van der Waals surface area contributed by atoms with Gasteiger partial charge < -0.3 is 4.98 Å². The molecule has 3 rings (SSSR count). The standard InChI is InChI=1S/C11H8N4O/c16-10-4-5-12-11-7(2-1-3-8(10)11)9-6-13-15-14-9/h1-6H,(H,12,16)(H,13,14,15). The first-order valence-corrected chi connectivity index (χ1v) is 4.83. The molecule has 5 nitrogen and oxygen atoms in total. The van der Waals surface area contributed by atoms with Crippen LogP contribution in [0.4, 0.5) is 0 Å². The summed E-state index contributed by atoms with van der Waals surface area (Å²) >= 11 is 0. The van der Waals surface area contributed by atoms with Crippen molar-refractivity contribution in [2.45, 2.75) is 0 Å². The van der Waals surface area contributed by atoms with E-state index in [-0.39, 0.29) is 5.43 Å². The van der Waals surface area contributed by atoms with Crippen LogP contribution in [0.1, 0.15) is 0 Å². The summed E-state index contributed by atoms with van der Waals surface area (Å²) in [5, 5.41) is 10.9. The number of hydrogen-bond acceptors (Lipinski definition) is 3. The van der Waals surface area contributed by atoms with Crippen molar-refractivity contribution < 1.29 is 0 Å². The highest BCUT2D eigenvalue weighted by molar-refractivity contribution is 5.92. The summed E-state index contributed by atoms with van der Waals surface area (Å²) in [6.45, 7) is 0. The molecule has 1 aromatic carbocycles. The summed E-state index contributed by atoms with van der Waals surface area (Å²) in [6.07, 6.45) is 3.33. The lowest BCUT2D eigenvalue weighted by Crippen LogP contribution is -2.00. The Kier molecular flexibility index (Phi) is 1.83. The van der Waals surface area contributed by atoms with Crippen LogP contribution in [0.25, 0.3) is 22.2 Å². The van der Waals surface area contributed by atoms with Crippen molar-refractivity contribution in [3.8, 4) is 11.3 Å². The Morgan fingerprint density at radius 2 is 2.12 bits per heavy atom. The average molecular weight is 212 g/mol. The predicted octanol–water partition coefficient (Wildman–Crippen LogP) is 1.31. The first-order chi connectivity index (χ1) is 7.86. The van der Waals surface area contributed by atoms with Gasteiger partial charge in [-0.1, -0.05) is 17.3 Å². The van der Waals surface area contributed by atoms with E-state index >= 15 is 0 Å². The first kappa shape index (κ1) is 8.84. The van der Waals surface area contributed by atoms with Gasteiger partial charge in [0.1, 0.15) is 5.69 Å². The van der Waals surface area contributed by atoms with Gasteiger partial charge in [0.2, 0.25) is 0 Å². The summed E-state index contributed by atoms with van der Waals surface area (Å²) in [7, 11) is 0. The smallest absolute Gasteiger partial charge is 0.189 e.